The Bertz CT molecular complexity index is 1170. The number of alkyl halides is 3. The smallest absolute Gasteiger partial charge is 0.410 e. The van der Waals surface area contributed by atoms with Crippen LogP contribution in [-0.4, -0.2) is 42.1 Å². The van der Waals surface area contributed by atoms with E-state index in [1.165, 1.54) is 32.2 Å². The van der Waals surface area contributed by atoms with Crippen molar-refractivity contribution in [3.63, 3.8) is 0 Å². The van der Waals surface area contributed by atoms with Gasteiger partial charge in [-0.15, -0.1) is 0 Å². The number of halogens is 7. The zero-order valence-corrected chi connectivity index (χ0v) is 22.3. The maximum absolute atomic E-state index is 15.0. The van der Waals surface area contributed by atoms with Gasteiger partial charge in [-0.05, 0) is 63.1 Å². The van der Waals surface area contributed by atoms with Crippen molar-refractivity contribution in [2.45, 2.75) is 45.4 Å². The molecule has 0 aliphatic heterocycles. The van der Waals surface area contributed by atoms with Crippen LogP contribution in [-0.2, 0) is 4.74 Å². The van der Waals surface area contributed by atoms with Crippen LogP contribution in [0, 0.1) is 6.92 Å². The molecule has 0 bridgehead atoms. The Balaban J connectivity index is 2.32. The first kappa shape index (κ1) is 29.9. The van der Waals surface area contributed by atoms with Crippen LogP contribution in [0.1, 0.15) is 53.7 Å². The predicted molar refractivity (Wildman–Crippen MR) is 134 cm³/mol. The molecule has 36 heavy (non-hydrogen) atoms. The highest BCUT2D eigenvalue weighted by atomic mass is 35.5. The van der Waals surface area contributed by atoms with Crippen molar-refractivity contribution in [3.05, 3.63) is 73.7 Å². The molecule has 196 valence electrons. The van der Waals surface area contributed by atoms with Gasteiger partial charge >= 0.3 is 12.3 Å². The molecular weight excluding hydrogens is 545 g/mol. The number of allylic oxidation sites excluding steroid dienone is 1. The molecule has 0 saturated carbocycles. The maximum atomic E-state index is 15.0. The zero-order valence-electron chi connectivity index (χ0n) is 20.1. The summed E-state index contributed by atoms with van der Waals surface area (Å²) in [7, 11) is 1.39. The normalized spacial score (nSPS) is 13.4. The Kier molecular flexibility index (Phi) is 9.48. The molecule has 1 atom stereocenters. The summed E-state index contributed by atoms with van der Waals surface area (Å²) in [5.41, 5.74) is -0.784. The molecule has 0 heterocycles. The third-order valence-corrected chi connectivity index (χ3v) is 6.12. The molecule has 2 aromatic carbocycles. The Morgan fingerprint density at radius 2 is 1.61 bits per heavy atom. The number of ether oxygens (including phenoxy) is 1. The van der Waals surface area contributed by atoms with Gasteiger partial charge in [0.1, 0.15) is 17.3 Å². The molecule has 0 saturated heterocycles. The SMILES string of the molecule is Cc1cc(/C(F)=C/C(c2cc(Cl)c(Cl)c(Cl)c2)C(F)(F)F)ccc1C(=O)CN(C)C(=O)OC(C)(C)C. The van der Waals surface area contributed by atoms with Crippen molar-refractivity contribution in [1.82, 2.24) is 4.90 Å². The Labute approximate surface area is 221 Å². The van der Waals surface area contributed by atoms with E-state index in [0.717, 1.165) is 17.0 Å². The van der Waals surface area contributed by atoms with Gasteiger partial charge in [0, 0.05) is 18.2 Å². The second kappa shape index (κ2) is 11.4. The summed E-state index contributed by atoms with van der Waals surface area (Å²) >= 11 is 17.5. The molecule has 4 nitrogen and oxygen atoms in total. The van der Waals surface area contributed by atoms with Gasteiger partial charge in [0.25, 0.3) is 0 Å². The second-order valence-corrected chi connectivity index (χ2v) is 10.3. The maximum Gasteiger partial charge on any atom is 0.410 e. The predicted octanol–water partition coefficient (Wildman–Crippen LogP) is 8.66. The lowest BCUT2D eigenvalue weighted by Crippen LogP contribution is -2.37. The van der Waals surface area contributed by atoms with Crippen molar-refractivity contribution < 1.29 is 31.9 Å². The van der Waals surface area contributed by atoms with Crippen LogP contribution in [0.25, 0.3) is 5.83 Å². The lowest BCUT2D eigenvalue weighted by molar-refractivity contribution is -0.139. The van der Waals surface area contributed by atoms with Crippen LogP contribution in [0.4, 0.5) is 22.4 Å². The van der Waals surface area contributed by atoms with Crippen molar-refractivity contribution in [1.29, 1.82) is 0 Å². The molecule has 2 aromatic rings. The third kappa shape index (κ3) is 7.85. The third-order valence-electron chi connectivity index (χ3n) is 4.92. The van der Waals surface area contributed by atoms with Crippen molar-refractivity contribution in [2.24, 2.45) is 0 Å². The number of amides is 1. The van der Waals surface area contributed by atoms with Crippen molar-refractivity contribution >= 4 is 52.5 Å². The number of Topliss-reactive ketones (excluding diaryl/α,β-unsaturated/α-hetero) is 1. The Hall–Kier alpha value is -2.29. The topological polar surface area (TPSA) is 46.6 Å². The molecule has 2 rings (SSSR count). The van der Waals surface area contributed by atoms with Gasteiger partial charge in [-0.25, -0.2) is 9.18 Å². The molecule has 0 aromatic heterocycles. The van der Waals surface area contributed by atoms with Gasteiger partial charge in [0.2, 0.25) is 0 Å². The van der Waals surface area contributed by atoms with E-state index >= 15 is 0 Å². The molecular formula is C25H24Cl3F4NO3. The summed E-state index contributed by atoms with van der Waals surface area (Å²) in [6, 6.07) is 5.69. The number of hydrogen-bond donors (Lipinski definition) is 0. The van der Waals surface area contributed by atoms with Crippen LogP contribution in [0.2, 0.25) is 15.1 Å². The standard InChI is InChI=1S/C25H24Cl3F4NO3/c1-13-8-14(6-7-16(13)21(34)12-33(5)23(35)36-24(2,3)4)20(29)11-17(25(30,31)32)15-9-18(26)22(28)19(27)10-15/h6-11,17H,12H2,1-5H3/b20-11-. The molecule has 0 radical (unpaired) electrons. The lowest BCUT2D eigenvalue weighted by atomic mass is 9.95. The fraction of sp³-hybridized carbons (Fsp3) is 0.360. The zero-order chi connectivity index (χ0) is 27.6. The summed E-state index contributed by atoms with van der Waals surface area (Å²) in [5.74, 6) is -3.96. The number of aryl methyl sites for hydroxylation is 1. The summed E-state index contributed by atoms with van der Waals surface area (Å²) < 4.78 is 61.5. The van der Waals surface area contributed by atoms with E-state index in [1.807, 2.05) is 0 Å². The monoisotopic (exact) mass is 567 g/mol. The number of likely N-dealkylation sites (N-methyl/N-ethyl adjacent to an activating group) is 1. The van der Waals surface area contributed by atoms with E-state index in [4.69, 9.17) is 39.5 Å². The minimum absolute atomic E-state index is 0.111. The number of hydrogen-bond acceptors (Lipinski definition) is 3. The van der Waals surface area contributed by atoms with Crippen molar-refractivity contribution in [3.8, 4) is 0 Å². The molecule has 0 spiro atoms. The van der Waals surface area contributed by atoms with E-state index in [0.29, 0.717) is 11.6 Å². The first-order valence-electron chi connectivity index (χ1n) is 10.6. The van der Waals surface area contributed by atoms with Crippen LogP contribution < -0.4 is 0 Å². The van der Waals surface area contributed by atoms with Crippen molar-refractivity contribution in [2.75, 3.05) is 13.6 Å². The van der Waals surface area contributed by atoms with Gasteiger partial charge in [0.15, 0.2) is 5.78 Å². The molecule has 0 N–H and O–H groups in total. The quantitative estimate of drug-likeness (QED) is 0.199. The summed E-state index contributed by atoms with van der Waals surface area (Å²) in [6.07, 6.45) is -5.14. The van der Waals surface area contributed by atoms with Gasteiger partial charge in [-0.2, -0.15) is 13.2 Å². The highest BCUT2D eigenvalue weighted by Gasteiger charge is 2.40. The lowest BCUT2D eigenvalue weighted by Gasteiger charge is -2.24. The first-order chi connectivity index (χ1) is 16.4. The van der Waals surface area contributed by atoms with E-state index in [9.17, 15) is 27.2 Å². The highest BCUT2D eigenvalue weighted by Crippen LogP contribution is 2.42. The number of benzene rings is 2. The van der Waals surface area contributed by atoms with E-state index < -0.39 is 35.4 Å². The summed E-state index contributed by atoms with van der Waals surface area (Å²) in [6.45, 7) is 6.26. The first-order valence-corrected chi connectivity index (χ1v) is 11.7. The Morgan fingerprint density at radius 3 is 2.08 bits per heavy atom. The largest absolute Gasteiger partial charge is 0.444 e. The molecule has 0 aliphatic rings. The summed E-state index contributed by atoms with van der Waals surface area (Å²) in [5, 5.41) is -0.504. The minimum atomic E-state index is -4.85. The van der Waals surface area contributed by atoms with Gasteiger partial charge in [-0.3, -0.25) is 4.79 Å². The molecule has 1 amide bonds. The second-order valence-electron chi connectivity index (χ2n) is 9.12. The van der Waals surface area contributed by atoms with E-state index in [2.05, 4.69) is 0 Å². The highest BCUT2D eigenvalue weighted by molar-refractivity contribution is 6.48. The minimum Gasteiger partial charge on any atom is -0.444 e. The molecule has 1 unspecified atom stereocenters. The average molecular weight is 569 g/mol. The average Bonchev–Trinajstić information content (AvgIpc) is 2.72. The van der Waals surface area contributed by atoms with Crippen LogP contribution >= 0.6 is 34.8 Å². The number of ketones is 1. The fourth-order valence-corrected chi connectivity index (χ4v) is 3.82. The van der Waals surface area contributed by atoms with Gasteiger partial charge in [0.05, 0.1) is 21.6 Å². The fourth-order valence-electron chi connectivity index (χ4n) is 3.21. The number of rotatable bonds is 6. The van der Waals surface area contributed by atoms with E-state index in [-0.39, 0.29) is 38.3 Å². The molecule has 0 fully saturated rings. The van der Waals surface area contributed by atoms with Gasteiger partial charge < -0.3 is 9.64 Å². The molecule has 0 aliphatic carbocycles. The van der Waals surface area contributed by atoms with Gasteiger partial charge in [-0.1, -0.05) is 46.9 Å². The number of nitrogens with zero attached hydrogens (tertiary/aromatic N) is 1. The van der Waals surface area contributed by atoms with E-state index in [1.54, 1.807) is 20.8 Å². The van der Waals surface area contributed by atoms with Crippen LogP contribution in [0.3, 0.4) is 0 Å². The number of carbonyl (C=O) groups excluding carboxylic acids is 2. The van der Waals surface area contributed by atoms with Crippen LogP contribution in [0.15, 0.2) is 36.4 Å². The Morgan fingerprint density at radius 1 is 1.06 bits per heavy atom. The summed E-state index contributed by atoms with van der Waals surface area (Å²) in [4.78, 5) is 25.9. The van der Waals surface area contributed by atoms with Crippen LogP contribution in [0.5, 0.6) is 0 Å². The number of carbonyl (C=O) groups is 2. The molecule has 11 heteroatoms.